The average Bonchev–Trinajstić information content (AvgIpc) is 3.35. The van der Waals surface area contributed by atoms with E-state index in [1.165, 1.54) is 52.3 Å². The van der Waals surface area contributed by atoms with E-state index in [-0.39, 0.29) is 24.9 Å². The van der Waals surface area contributed by atoms with E-state index in [9.17, 15) is 9.59 Å². The second kappa shape index (κ2) is 12.7. The molecule has 2 aliphatic rings. The third kappa shape index (κ3) is 6.68. The summed E-state index contributed by atoms with van der Waals surface area (Å²) in [6.45, 7) is 4.19. The number of nitrogens with zero attached hydrogens (tertiary/aromatic N) is 1. The summed E-state index contributed by atoms with van der Waals surface area (Å²) < 4.78 is 5.61. The number of carboxylic acid groups (broad SMARTS) is 1. The predicted octanol–water partition coefficient (Wildman–Crippen LogP) is 6.48. The zero-order chi connectivity index (χ0) is 25.5. The van der Waals surface area contributed by atoms with Gasteiger partial charge < -0.3 is 20.1 Å². The number of carboxylic acids is 1. The molecule has 1 amide bonds. The van der Waals surface area contributed by atoms with E-state index in [0.717, 1.165) is 38.2 Å². The van der Waals surface area contributed by atoms with E-state index < -0.39 is 5.97 Å². The largest absolute Gasteiger partial charge is 0.481 e. The molecule has 0 radical (unpaired) electrons. The smallest absolute Gasteiger partial charge is 0.305 e. The molecule has 0 bridgehead atoms. The van der Waals surface area contributed by atoms with Gasteiger partial charge in [0.15, 0.2) is 0 Å². The molecule has 2 fully saturated rings. The molecule has 6 nitrogen and oxygen atoms in total. The molecule has 7 heteroatoms. The Morgan fingerprint density at radius 1 is 1.11 bits per heavy atom. The summed E-state index contributed by atoms with van der Waals surface area (Å²) in [4.78, 5) is 28.0. The first-order valence-electron chi connectivity index (χ1n) is 13.5. The van der Waals surface area contributed by atoms with Crippen LogP contribution >= 0.6 is 11.3 Å². The number of anilines is 1. The van der Waals surface area contributed by atoms with E-state index in [0.29, 0.717) is 17.4 Å². The molecule has 1 saturated carbocycles. The van der Waals surface area contributed by atoms with Crippen LogP contribution in [0.2, 0.25) is 0 Å². The van der Waals surface area contributed by atoms with Crippen molar-refractivity contribution in [1.82, 2.24) is 4.90 Å². The van der Waals surface area contributed by atoms with Gasteiger partial charge in [0.2, 0.25) is 0 Å². The maximum Gasteiger partial charge on any atom is 0.305 e. The van der Waals surface area contributed by atoms with Gasteiger partial charge in [-0.3, -0.25) is 9.59 Å². The Labute approximate surface area is 219 Å². The lowest BCUT2D eigenvalue weighted by molar-refractivity contribution is -0.137. The number of hydrogen-bond donors (Lipinski definition) is 2. The summed E-state index contributed by atoms with van der Waals surface area (Å²) in [5, 5.41) is 12.8. The molecule has 1 aromatic carbocycles. The van der Waals surface area contributed by atoms with Gasteiger partial charge >= 0.3 is 5.97 Å². The molecule has 1 aliphatic heterocycles. The summed E-state index contributed by atoms with van der Waals surface area (Å²) in [7, 11) is 1.65. The molecule has 1 saturated heterocycles. The van der Waals surface area contributed by atoms with Gasteiger partial charge in [-0.1, -0.05) is 26.2 Å². The molecule has 0 spiro atoms. The molecule has 196 valence electrons. The fourth-order valence-electron chi connectivity index (χ4n) is 5.58. The van der Waals surface area contributed by atoms with Gasteiger partial charge in [-0.05, 0) is 79.8 Å². The second-order valence-corrected chi connectivity index (χ2v) is 11.4. The van der Waals surface area contributed by atoms with Crippen LogP contribution in [0, 0.1) is 5.92 Å². The van der Waals surface area contributed by atoms with Crippen LogP contribution in [0.15, 0.2) is 30.3 Å². The van der Waals surface area contributed by atoms with E-state index in [1.807, 2.05) is 35.6 Å². The summed E-state index contributed by atoms with van der Waals surface area (Å²) in [6.07, 6.45) is 9.61. The van der Waals surface area contributed by atoms with Gasteiger partial charge in [0, 0.05) is 47.8 Å². The molecule has 1 aliphatic carbocycles. The van der Waals surface area contributed by atoms with Crippen molar-refractivity contribution in [3.8, 4) is 0 Å². The van der Waals surface area contributed by atoms with Crippen molar-refractivity contribution in [2.75, 3.05) is 32.1 Å². The van der Waals surface area contributed by atoms with Crippen LogP contribution in [0.4, 0.5) is 5.69 Å². The van der Waals surface area contributed by atoms with Gasteiger partial charge in [-0.25, -0.2) is 0 Å². The average molecular weight is 513 g/mol. The fourth-order valence-corrected chi connectivity index (χ4v) is 6.90. The molecule has 36 heavy (non-hydrogen) atoms. The second-order valence-electron chi connectivity index (χ2n) is 10.2. The number of aliphatic carboxylic acids is 1. The zero-order valence-corrected chi connectivity index (χ0v) is 22.4. The number of carbonyl (C=O) groups excluding carboxylic acids is 1. The number of amides is 1. The maximum absolute atomic E-state index is 12.7. The van der Waals surface area contributed by atoms with Crippen LogP contribution in [-0.4, -0.2) is 48.7 Å². The Bertz CT molecular complexity index is 1010. The maximum atomic E-state index is 12.7. The molecule has 1 unspecified atom stereocenters. The standard InChI is InChI=1S/C29H40N2O4S/c1-3-25-24(19-26(36-25)20-14-17-35-18-15-20)28(21-7-5-4-6-8-21)30-23-11-9-22(10-12-23)29(34)31(2)16-13-27(32)33/h9-12,19-21,28,30H,3-8,13-18H2,1-2H3,(H,32,33). The molecular formula is C29H40N2O4S. The Kier molecular flexibility index (Phi) is 9.43. The lowest BCUT2D eigenvalue weighted by Crippen LogP contribution is -2.29. The number of rotatable bonds is 10. The number of aryl methyl sites for hydroxylation is 1. The summed E-state index contributed by atoms with van der Waals surface area (Å²) in [5.41, 5.74) is 3.06. The van der Waals surface area contributed by atoms with E-state index in [1.54, 1.807) is 7.05 Å². The van der Waals surface area contributed by atoms with Crippen molar-refractivity contribution < 1.29 is 19.4 Å². The monoisotopic (exact) mass is 512 g/mol. The SMILES string of the molecule is CCc1sc(C2CCOCC2)cc1C(Nc1ccc(C(=O)N(C)CCC(=O)O)cc1)C1CCCCC1. The zero-order valence-electron chi connectivity index (χ0n) is 21.6. The van der Waals surface area contributed by atoms with Crippen LogP contribution < -0.4 is 5.32 Å². The Morgan fingerprint density at radius 2 is 1.81 bits per heavy atom. The van der Waals surface area contributed by atoms with Gasteiger partial charge in [-0.15, -0.1) is 11.3 Å². The van der Waals surface area contributed by atoms with Crippen molar-refractivity contribution in [2.45, 2.75) is 76.7 Å². The minimum atomic E-state index is -0.900. The molecule has 4 rings (SSSR count). The first-order valence-corrected chi connectivity index (χ1v) is 14.3. The first kappa shape index (κ1) is 26.7. The topological polar surface area (TPSA) is 78.9 Å². The number of ether oxygens (including phenoxy) is 1. The highest BCUT2D eigenvalue weighted by atomic mass is 32.1. The third-order valence-electron chi connectivity index (χ3n) is 7.72. The van der Waals surface area contributed by atoms with Crippen molar-refractivity contribution in [2.24, 2.45) is 5.92 Å². The van der Waals surface area contributed by atoms with Gasteiger partial charge in [0.1, 0.15) is 0 Å². The Hall–Kier alpha value is -2.38. The van der Waals surface area contributed by atoms with Crippen LogP contribution in [0.3, 0.4) is 0 Å². The first-order chi connectivity index (χ1) is 17.5. The molecule has 2 aromatic rings. The number of nitrogens with one attached hydrogen (secondary N) is 1. The third-order valence-corrected chi connectivity index (χ3v) is 9.18. The summed E-state index contributed by atoms with van der Waals surface area (Å²) in [5.74, 6) is 0.157. The minimum absolute atomic E-state index is 0.0543. The fraction of sp³-hybridized carbons (Fsp3) is 0.586. The minimum Gasteiger partial charge on any atom is -0.481 e. The Morgan fingerprint density at radius 3 is 2.44 bits per heavy atom. The Balaban J connectivity index is 1.54. The van der Waals surface area contributed by atoms with Gasteiger partial charge in [-0.2, -0.15) is 0 Å². The van der Waals surface area contributed by atoms with E-state index in [4.69, 9.17) is 9.84 Å². The molecular weight excluding hydrogens is 472 g/mol. The van der Waals surface area contributed by atoms with Crippen molar-refractivity contribution >= 4 is 28.9 Å². The van der Waals surface area contributed by atoms with E-state index in [2.05, 4.69) is 18.3 Å². The molecule has 2 heterocycles. The highest BCUT2D eigenvalue weighted by molar-refractivity contribution is 7.12. The van der Waals surface area contributed by atoms with Crippen molar-refractivity contribution in [3.63, 3.8) is 0 Å². The van der Waals surface area contributed by atoms with Crippen LogP contribution in [0.1, 0.15) is 95.9 Å². The number of thiophene rings is 1. The number of benzene rings is 1. The molecule has 1 aromatic heterocycles. The quantitative estimate of drug-likeness (QED) is 0.381. The molecule has 2 N–H and O–H groups in total. The summed E-state index contributed by atoms with van der Waals surface area (Å²) >= 11 is 2.00. The van der Waals surface area contributed by atoms with Gasteiger partial charge in [0.25, 0.3) is 5.91 Å². The lowest BCUT2D eigenvalue weighted by atomic mass is 9.80. The van der Waals surface area contributed by atoms with Crippen LogP contribution in [0.5, 0.6) is 0 Å². The van der Waals surface area contributed by atoms with Crippen LogP contribution in [-0.2, 0) is 16.0 Å². The predicted molar refractivity (Wildman–Crippen MR) is 145 cm³/mol. The highest BCUT2D eigenvalue weighted by Crippen LogP contribution is 2.43. The van der Waals surface area contributed by atoms with Gasteiger partial charge in [0.05, 0.1) is 12.5 Å². The van der Waals surface area contributed by atoms with Crippen LogP contribution in [0.25, 0.3) is 0 Å². The van der Waals surface area contributed by atoms with E-state index >= 15 is 0 Å². The van der Waals surface area contributed by atoms with Crippen molar-refractivity contribution in [1.29, 1.82) is 0 Å². The number of carbonyl (C=O) groups is 2. The molecule has 1 atom stereocenters. The van der Waals surface area contributed by atoms with Crippen molar-refractivity contribution in [3.05, 3.63) is 51.2 Å². The normalized spacial score (nSPS) is 18.1. The summed E-state index contributed by atoms with van der Waals surface area (Å²) in [6, 6.07) is 10.4. The highest BCUT2D eigenvalue weighted by Gasteiger charge is 2.29. The lowest BCUT2D eigenvalue weighted by Gasteiger charge is -2.32. The number of hydrogen-bond acceptors (Lipinski definition) is 5.